The molecule has 0 saturated carbocycles. The van der Waals surface area contributed by atoms with E-state index in [1.165, 1.54) is 33.4 Å². The van der Waals surface area contributed by atoms with Crippen LogP contribution in [0.15, 0.2) is 200 Å². The minimum Gasteiger partial charge on any atom is -0.457 e. The second-order valence-electron chi connectivity index (χ2n) is 15.4. The lowest BCUT2D eigenvalue weighted by molar-refractivity contribution is 0.429. The van der Waals surface area contributed by atoms with E-state index in [9.17, 15) is 0 Å². The van der Waals surface area contributed by atoms with Crippen molar-refractivity contribution in [3.05, 3.63) is 222 Å². The fourth-order valence-corrected chi connectivity index (χ4v) is 9.37. The Labute approximate surface area is 333 Å². The van der Waals surface area contributed by atoms with Crippen LogP contribution in [0.3, 0.4) is 0 Å². The van der Waals surface area contributed by atoms with Crippen LogP contribution in [-0.4, -0.2) is 9.97 Å². The van der Waals surface area contributed by atoms with Gasteiger partial charge in [-0.25, -0.2) is 9.97 Å². The molecule has 270 valence electrons. The van der Waals surface area contributed by atoms with Gasteiger partial charge in [-0.1, -0.05) is 177 Å². The van der Waals surface area contributed by atoms with Crippen molar-refractivity contribution in [1.29, 1.82) is 0 Å². The molecule has 3 aliphatic rings. The Kier molecular flexibility index (Phi) is 7.75. The number of aromatic nitrogens is 2. The van der Waals surface area contributed by atoms with Crippen molar-refractivity contribution in [2.45, 2.75) is 18.8 Å². The summed E-state index contributed by atoms with van der Waals surface area (Å²) in [4.78, 5) is 10.2. The maximum Gasteiger partial charge on any atom is 0.160 e. The number of hydrogen-bond donors (Lipinski definition) is 0. The first-order chi connectivity index (χ1) is 28.1. The largest absolute Gasteiger partial charge is 0.457 e. The SMILES string of the molecule is CC1C=CC2=C(C1)C1(c3ccccc3Oc3ccc(-c4ccc(-c5ccccc5-c5cc(-c6ccccc6)nc(-c6ccccc6)n5)cc4)cc31)c1ccccc12. The third kappa shape index (κ3) is 5.34. The normalized spacial score (nSPS) is 17.4. The summed E-state index contributed by atoms with van der Waals surface area (Å²) in [5.41, 5.74) is 16.9. The highest BCUT2D eigenvalue weighted by Crippen LogP contribution is 2.63. The summed E-state index contributed by atoms with van der Waals surface area (Å²) in [6.07, 6.45) is 5.73. The second-order valence-corrected chi connectivity index (χ2v) is 15.4. The van der Waals surface area contributed by atoms with Crippen LogP contribution < -0.4 is 4.74 Å². The minimum absolute atomic E-state index is 0.432. The molecule has 2 unspecified atom stereocenters. The quantitative estimate of drug-likeness (QED) is 0.177. The second kappa shape index (κ2) is 13.3. The van der Waals surface area contributed by atoms with Crippen LogP contribution in [0.2, 0.25) is 0 Å². The van der Waals surface area contributed by atoms with Crippen molar-refractivity contribution >= 4 is 5.57 Å². The van der Waals surface area contributed by atoms with E-state index in [1.807, 2.05) is 24.3 Å². The summed E-state index contributed by atoms with van der Waals surface area (Å²) < 4.78 is 6.73. The average Bonchev–Trinajstić information content (AvgIpc) is 3.56. The summed E-state index contributed by atoms with van der Waals surface area (Å²) >= 11 is 0. The van der Waals surface area contributed by atoms with E-state index in [4.69, 9.17) is 14.7 Å². The lowest BCUT2D eigenvalue weighted by Crippen LogP contribution is -2.34. The molecule has 8 aromatic rings. The average molecular weight is 731 g/mol. The molecular formula is C54H38N2O. The fraction of sp³-hybridized carbons (Fsp3) is 0.0741. The van der Waals surface area contributed by atoms with E-state index in [-0.39, 0.29) is 0 Å². The van der Waals surface area contributed by atoms with Crippen molar-refractivity contribution < 1.29 is 4.74 Å². The van der Waals surface area contributed by atoms with Crippen molar-refractivity contribution in [2.24, 2.45) is 5.92 Å². The van der Waals surface area contributed by atoms with E-state index in [0.29, 0.717) is 11.7 Å². The fourth-order valence-electron chi connectivity index (χ4n) is 9.37. The smallest absolute Gasteiger partial charge is 0.160 e. The van der Waals surface area contributed by atoms with Gasteiger partial charge in [-0.2, -0.15) is 0 Å². The van der Waals surface area contributed by atoms with Gasteiger partial charge in [-0.15, -0.1) is 0 Å². The van der Waals surface area contributed by atoms with Crippen LogP contribution in [0, 0.1) is 5.92 Å². The summed E-state index contributed by atoms with van der Waals surface area (Å²) in [6, 6.07) is 64.6. The molecule has 1 aromatic heterocycles. The number of para-hydroxylation sites is 1. The Morgan fingerprint density at radius 1 is 0.474 bits per heavy atom. The zero-order valence-electron chi connectivity index (χ0n) is 31.6. The van der Waals surface area contributed by atoms with Gasteiger partial charge in [0.05, 0.1) is 16.8 Å². The monoisotopic (exact) mass is 730 g/mol. The Bertz CT molecular complexity index is 2850. The first-order valence-corrected chi connectivity index (χ1v) is 19.8. The van der Waals surface area contributed by atoms with Crippen molar-refractivity contribution in [3.63, 3.8) is 0 Å². The molecule has 7 aromatic carbocycles. The standard InChI is InChI=1S/C54H38N2O/c1-35-24-30-43-42-19-10-11-21-45(42)54(47(43)32-35)46-22-12-13-23-51(46)57-52-31-29-40(33-48(52)54)36-25-27-37(28-26-36)41-18-8-9-20-44(41)50-34-49(38-14-4-2-5-15-38)55-53(56-50)39-16-6-3-7-17-39/h2-31,33-35H,32H2,1H3. The zero-order valence-corrected chi connectivity index (χ0v) is 31.6. The van der Waals surface area contributed by atoms with Crippen LogP contribution in [0.5, 0.6) is 11.5 Å². The number of ether oxygens (including phenoxy) is 1. The summed E-state index contributed by atoms with van der Waals surface area (Å²) in [7, 11) is 0. The van der Waals surface area contributed by atoms with Crippen molar-refractivity contribution in [1.82, 2.24) is 9.97 Å². The zero-order chi connectivity index (χ0) is 37.9. The van der Waals surface area contributed by atoms with Gasteiger partial charge >= 0.3 is 0 Å². The minimum atomic E-state index is -0.432. The Balaban J connectivity index is 1.02. The molecule has 0 saturated heterocycles. The molecule has 11 rings (SSSR count). The third-order valence-corrected chi connectivity index (χ3v) is 12.0. The number of benzene rings is 7. The van der Waals surface area contributed by atoms with Crippen LogP contribution in [-0.2, 0) is 5.41 Å². The summed E-state index contributed by atoms with van der Waals surface area (Å²) in [6.45, 7) is 2.33. The molecular weight excluding hydrogens is 693 g/mol. The maximum atomic E-state index is 6.73. The molecule has 0 radical (unpaired) electrons. The molecule has 57 heavy (non-hydrogen) atoms. The molecule has 3 heteroatoms. The van der Waals surface area contributed by atoms with Gasteiger partial charge < -0.3 is 4.74 Å². The lowest BCUT2D eigenvalue weighted by atomic mass is 9.63. The van der Waals surface area contributed by atoms with Crippen LogP contribution in [0.1, 0.15) is 35.6 Å². The number of hydrogen-bond acceptors (Lipinski definition) is 3. The first kappa shape index (κ1) is 33.3. The Morgan fingerprint density at radius 2 is 1.07 bits per heavy atom. The number of rotatable bonds is 5. The number of allylic oxidation sites excluding steroid dienone is 4. The van der Waals surface area contributed by atoms with Gasteiger partial charge in [0.2, 0.25) is 0 Å². The van der Waals surface area contributed by atoms with Crippen LogP contribution >= 0.6 is 0 Å². The van der Waals surface area contributed by atoms with E-state index in [2.05, 4.69) is 177 Å². The van der Waals surface area contributed by atoms with E-state index in [0.717, 1.165) is 68.3 Å². The van der Waals surface area contributed by atoms with E-state index >= 15 is 0 Å². The molecule has 3 nitrogen and oxygen atoms in total. The van der Waals surface area contributed by atoms with Crippen LogP contribution in [0.25, 0.3) is 61.7 Å². The van der Waals surface area contributed by atoms with Gasteiger partial charge in [0.25, 0.3) is 0 Å². The van der Waals surface area contributed by atoms with Gasteiger partial charge in [0.1, 0.15) is 11.5 Å². The topological polar surface area (TPSA) is 35.0 Å². The first-order valence-electron chi connectivity index (χ1n) is 19.8. The Hall–Kier alpha value is -7.10. The predicted molar refractivity (Wildman–Crippen MR) is 232 cm³/mol. The van der Waals surface area contributed by atoms with E-state index in [1.54, 1.807) is 0 Å². The van der Waals surface area contributed by atoms with Gasteiger partial charge in [0.15, 0.2) is 5.82 Å². The van der Waals surface area contributed by atoms with Crippen molar-refractivity contribution in [2.75, 3.05) is 0 Å². The third-order valence-electron chi connectivity index (χ3n) is 12.0. The summed E-state index contributed by atoms with van der Waals surface area (Å²) in [5.74, 6) is 3.01. The molecule has 0 N–H and O–H groups in total. The highest BCUT2D eigenvalue weighted by molar-refractivity contribution is 5.93. The highest BCUT2D eigenvalue weighted by atomic mass is 16.5. The number of nitrogens with zero attached hydrogens (tertiary/aromatic N) is 2. The lowest BCUT2D eigenvalue weighted by Gasteiger charge is -2.42. The molecule has 0 fully saturated rings. The highest BCUT2D eigenvalue weighted by Gasteiger charge is 2.52. The molecule has 1 spiro atoms. The summed E-state index contributed by atoms with van der Waals surface area (Å²) in [5, 5.41) is 0. The molecule has 0 bridgehead atoms. The van der Waals surface area contributed by atoms with Crippen molar-refractivity contribution in [3.8, 4) is 67.7 Å². The molecule has 1 aliphatic heterocycles. The molecule has 2 aliphatic carbocycles. The van der Waals surface area contributed by atoms with Crippen LogP contribution in [0.4, 0.5) is 0 Å². The van der Waals surface area contributed by atoms with Gasteiger partial charge in [0, 0.05) is 27.8 Å². The predicted octanol–water partition coefficient (Wildman–Crippen LogP) is 13.6. The van der Waals surface area contributed by atoms with Gasteiger partial charge in [-0.3, -0.25) is 0 Å². The maximum absolute atomic E-state index is 6.73. The molecule has 2 heterocycles. The van der Waals surface area contributed by atoms with Gasteiger partial charge in [-0.05, 0) is 81.1 Å². The Morgan fingerprint density at radius 3 is 1.86 bits per heavy atom. The molecule has 2 atom stereocenters. The number of fused-ring (bicyclic) bond motifs is 8. The van der Waals surface area contributed by atoms with E-state index < -0.39 is 5.41 Å². The molecule has 0 amide bonds.